The number of rotatable bonds is 9. The summed E-state index contributed by atoms with van der Waals surface area (Å²) in [4.78, 5) is 21.3. The van der Waals surface area contributed by atoms with E-state index in [1.54, 1.807) is 12.4 Å². The van der Waals surface area contributed by atoms with Gasteiger partial charge in [0.05, 0.1) is 17.9 Å². The van der Waals surface area contributed by atoms with Crippen molar-refractivity contribution in [3.63, 3.8) is 0 Å². The average molecular weight is 300 g/mol. The zero-order chi connectivity index (χ0) is 15.6. The maximum absolute atomic E-state index is 11.0. The molecule has 0 radical (unpaired) electrons. The van der Waals surface area contributed by atoms with Gasteiger partial charge >= 0.3 is 5.97 Å². The van der Waals surface area contributed by atoms with Gasteiger partial charge in [0.25, 0.3) is 0 Å². The molecule has 0 amide bonds. The van der Waals surface area contributed by atoms with Crippen LogP contribution in [0.5, 0.6) is 0 Å². The molecule has 0 spiro atoms. The van der Waals surface area contributed by atoms with Crippen molar-refractivity contribution < 1.29 is 9.90 Å². The smallest absolute Gasteiger partial charge is 0.317 e. The molecule has 2 heterocycles. The Labute approximate surface area is 129 Å². The molecule has 0 unspecified atom stereocenters. The normalized spacial score (nSPS) is 10.8. The van der Waals surface area contributed by atoms with Gasteiger partial charge in [-0.05, 0) is 24.3 Å². The van der Waals surface area contributed by atoms with Crippen LogP contribution in [0, 0.1) is 0 Å². The van der Waals surface area contributed by atoms with Gasteiger partial charge in [0.1, 0.15) is 0 Å². The number of carbonyl (C=O) groups is 1. The molecule has 2 aromatic rings. The number of aromatic nitrogens is 2. The number of pyridine rings is 2. The Kier molecular flexibility index (Phi) is 6.47. The molecule has 2 N–H and O–H groups in total. The minimum Gasteiger partial charge on any atom is -0.480 e. The van der Waals surface area contributed by atoms with Gasteiger partial charge in [-0.15, -0.1) is 0 Å². The molecule has 6 nitrogen and oxygen atoms in total. The summed E-state index contributed by atoms with van der Waals surface area (Å²) in [5.74, 6) is -0.833. The molecule has 22 heavy (non-hydrogen) atoms. The van der Waals surface area contributed by atoms with E-state index in [0.717, 1.165) is 11.4 Å². The Morgan fingerprint density at radius 2 is 1.77 bits per heavy atom. The molecular formula is C16H20N4O2. The molecule has 0 aliphatic carbocycles. The monoisotopic (exact) mass is 300 g/mol. The second-order valence-corrected chi connectivity index (χ2v) is 4.92. The molecule has 0 atom stereocenters. The molecule has 6 heteroatoms. The van der Waals surface area contributed by atoms with E-state index in [-0.39, 0.29) is 6.54 Å². The number of aliphatic carboxylic acids is 1. The van der Waals surface area contributed by atoms with E-state index in [1.807, 2.05) is 41.3 Å². The molecule has 0 aliphatic heterocycles. The number of hydrogen-bond acceptors (Lipinski definition) is 5. The van der Waals surface area contributed by atoms with E-state index in [9.17, 15) is 4.79 Å². The number of carboxylic acids is 1. The second-order valence-electron chi connectivity index (χ2n) is 4.92. The van der Waals surface area contributed by atoms with Crippen molar-refractivity contribution in [3.05, 3.63) is 60.2 Å². The van der Waals surface area contributed by atoms with E-state index in [2.05, 4.69) is 15.3 Å². The average Bonchev–Trinajstić information content (AvgIpc) is 2.53. The van der Waals surface area contributed by atoms with Crippen molar-refractivity contribution in [1.29, 1.82) is 0 Å². The van der Waals surface area contributed by atoms with Crippen LogP contribution < -0.4 is 5.32 Å². The van der Waals surface area contributed by atoms with E-state index >= 15 is 0 Å². The Balaban J connectivity index is 1.78. The predicted octanol–water partition coefficient (Wildman–Crippen LogP) is 1.15. The highest BCUT2D eigenvalue weighted by Gasteiger charge is 2.10. The summed E-state index contributed by atoms with van der Waals surface area (Å²) in [5.41, 5.74) is 1.84. The van der Waals surface area contributed by atoms with E-state index in [4.69, 9.17) is 5.11 Å². The van der Waals surface area contributed by atoms with Crippen molar-refractivity contribution in [2.24, 2.45) is 0 Å². The molecule has 0 saturated heterocycles. The van der Waals surface area contributed by atoms with E-state index in [1.165, 1.54) is 0 Å². The second kappa shape index (κ2) is 8.86. The topological polar surface area (TPSA) is 78.4 Å². The zero-order valence-corrected chi connectivity index (χ0v) is 12.4. The van der Waals surface area contributed by atoms with Crippen LogP contribution in [-0.2, 0) is 17.9 Å². The fourth-order valence-corrected chi connectivity index (χ4v) is 2.08. The van der Waals surface area contributed by atoms with Gasteiger partial charge in [0.15, 0.2) is 0 Å². The van der Waals surface area contributed by atoms with Gasteiger partial charge in [-0.1, -0.05) is 12.1 Å². The highest BCUT2D eigenvalue weighted by Crippen LogP contribution is 2.00. The third kappa shape index (κ3) is 5.99. The van der Waals surface area contributed by atoms with Crippen LogP contribution in [-0.4, -0.2) is 45.6 Å². The van der Waals surface area contributed by atoms with Crippen molar-refractivity contribution in [2.45, 2.75) is 13.1 Å². The lowest BCUT2D eigenvalue weighted by atomic mass is 10.3. The van der Waals surface area contributed by atoms with E-state index < -0.39 is 5.97 Å². The lowest BCUT2D eigenvalue weighted by molar-refractivity contribution is -0.138. The van der Waals surface area contributed by atoms with Gasteiger partial charge in [0.2, 0.25) is 0 Å². The summed E-state index contributed by atoms with van der Waals surface area (Å²) in [6.45, 7) is 2.53. The molecule has 0 aromatic carbocycles. The minimum absolute atomic E-state index is 0.00183. The summed E-state index contributed by atoms with van der Waals surface area (Å²) < 4.78 is 0. The Morgan fingerprint density at radius 3 is 2.36 bits per heavy atom. The fourth-order valence-electron chi connectivity index (χ4n) is 2.08. The Bertz CT molecular complexity index is 563. The van der Waals surface area contributed by atoms with E-state index in [0.29, 0.717) is 26.2 Å². The highest BCUT2D eigenvalue weighted by atomic mass is 16.4. The first-order chi connectivity index (χ1) is 10.7. The molecule has 0 bridgehead atoms. The summed E-state index contributed by atoms with van der Waals surface area (Å²) in [5, 5.41) is 12.3. The van der Waals surface area contributed by atoms with Crippen molar-refractivity contribution >= 4 is 5.97 Å². The Morgan fingerprint density at radius 1 is 1.09 bits per heavy atom. The lowest BCUT2D eigenvalue weighted by Gasteiger charge is -2.20. The third-order valence-corrected chi connectivity index (χ3v) is 3.11. The van der Waals surface area contributed by atoms with Gasteiger partial charge in [0, 0.05) is 38.6 Å². The molecule has 2 aromatic heterocycles. The third-order valence-electron chi connectivity index (χ3n) is 3.11. The predicted molar refractivity (Wildman–Crippen MR) is 83.1 cm³/mol. The molecular weight excluding hydrogens is 280 g/mol. The van der Waals surface area contributed by atoms with Crippen LogP contribution in [0.2, 0.25) is 0 Å². The van der Waals surface area contributed by atoms with Gasteiger partial charge in [-0.3, -0.25) is 19.7 Å². The molecule has 0 aliphatic rings. The maximum Gasteiger partial charge on any atom is 0.317 e. The quantitative estimate of drug-likeness (QED) is 0.677. The standard InChI is InChI=1S/C16H20N4O2/c21-16(22)13-20(12-15-6-2-4-8-19-15)10-9-17-11-14-5-1-3-7-18-14/h1-8,17H,9-13H2,(H,21,22). The molecule has 0 saturated carbocycles. The largest absolute Gasteiger partial charge is 0.480 e. The van der Waals surface area contributed by atoms with Crippen molar-refractivity contribution in [3.8, 4) is 0 Å². The van der Waals surface area contributed by atoms with Crippen LogP contribution in [0.4, 0.5) is 0 Å². The van der Waals surface area contributed by atoms with Crippen LogP contribution in [0.25, 0.3) is 0 Å². The molecule has 116 valence electrons. The van der Waals surface area contributed by atoms with Crippen LogP contribution >= 0.6 is 0 Å². The number of nitrogens with one attached hydrogen (secondary N) is 1. The van der Waals surface area contributed by atoms with Crippen molar-refractivity contribution in [2.75, 3.05) is 19.6 Å². The van der Waals surface area contributed by atoms with Crippen LogP contribution in [0.15, 0.2) is 48.8 Å². The SMILES string of the molecule is O=C(O)CN(CCNCc1ccccn1)Cc1ccccn1. The van der Waals surface area contributed by atoms with Gasteiger partial charge in [-0.25, -0.2) is 0 Å². The van der Waals surface area contributed by atoms with Crippen LogP contribution in [0.1, 0.15) is 11.4 Å². The van der Waals surface area contributed by atoms with Gasteiger partial charge in [-0.2, -0.15) is 0 Å². The highest BCUT2D eigenvalue weighted by molar-refractivity contribution is 5.69. The zero-order valence-electron chi connectivity index (χ0n) is 12.4. The summed E-state index contributed by atoms with van der Waals surface area (Å²) in [6.07, 6.45) is 3.47. The molecule has 0 fully saturated rings. The number of hydrogen-bond donors (Lipinski definition) is 2. The van der Waals surface area contributed by atoms with Crippen molar-refractivity contribution in [1.82, 2.24) is 20.2 Å². The number of nitrogens with zero attached hydrogens (tertiary/aromatic N) is 3. The first-order valence-corrected chi connectivity index (χ1v) is 7.19. The van der Waals surface area contributed by atoms with Gasteiger partial charge < -0.3 is 10.4 Å². The maximum atomic E-state index is 11.0. The first kappa shape index (κ1) is 16.1. The summed E-state index contributed by atoms with van der Waals surface area (Å²) in [7, 11) is 0. The van der Waals surface area contributed by atoms with Crippen LogP contribution in [0.3, 0.4) is 0 Å². The summed E-state index contributed by atoms with van der Waals surface area (Å²) >= 11 is 0. The number of carboxylic acid groups (broad SMARTS) is 1. The first-order valence-electron chi connectivity index (χ1n) is 7.19. The lowest BCUT2D eigenvalue weighted by Crippen LogP contribution is -2.35. The minimum atomic E-state index is -0.833. The Hall–Kier alpha value is -2.31. The summed E-state index contributed by atoms with van der Waals surface area (Å²) in [6, 6.07) is 11.4. The fraction of sp³-hybridized carbons (Fsp3) is 0.312. The molecule has 2 rings (SSSR count).